The van der Waals surface area contributed by atoms with E-state index in [0.29, 0.717) is 54.4 Å². The second-order valence-electron chi connectivity index (χ2n) is 14.6. The van der Waals surface area contributed by atoms with E-state index in [1.807, 2.05) is 107 Å². The molecule has 10 heteroatoms. The summed E-state index contributed by atoms with van der Waals surface area (Å²) in [6, 6.07) is 28.4. The van der Waals surface area contributed by atoms with E-state index in [1.165, 1.54) is 0 Å². The van der Waals surface area contributed by atoms with Gasteiger partial charge in [0.15, 0.2) is 6.61 Å². The second-order valence-corrected chi connectivity index (χ2v) is 15.1. The fraction of sp³-hybridized carbons (Fsp3) is 0.386. The number of hydrogen-bond donors (Lipinski definition) is 4. The minimum absolute atomic E-state index is 0.0890. The normalized spacial score (nSPS) is 15.9. The summed E-state index contributed by atoms with van der Waals surface area (Å²) >= 11 is 6.28. The molecular weight excluding hydrogens is 702 g/mol. The molecule has 5 atom stereocenters. The summed E-state index contributed by atoms with van der Waals surface area (Å²) < 4.78 is 11.7. The van der Waals surface area contributed by atoms with Gasteiger partial charge in [0.1, 0.15) is 17.5 Å². The van der Waals surface area contributed by atoms with Gasteiger partial charge in [0, 0.05) is 16.6 Å². The van der Waals surface area contributed by atoms with Crippen LogP contribution in [0, 0.1) is 19.8 Å². The number of nitrogens with one attached hydrogen (secondary N) is 3. The monoisotopic (exact) mass is 753 g/mol. The van der Waals surface area contributed by atoms with Gasteiger partial charge in [-0.15, -0.1) is 0 Å². The van der Waals surface area contributed by atoms with Crippen LogP contribution in [-0.4, -0.2) is 60.3 Å². The third-order valence-electron chi connectivity index (χ3n) is 9.73. The van der Waals surface area contributed by atoms with E-state index in [9.17, 15) is 19.5 Å². The molecule has 1 unspecified atom stereocenters. The number of halogens is 1. The number of amides is 3. The van der Waals surface area contributed by atoms with Crippen LogP contribution in [0.2, 0.25) is 5.02 Å². The first-order chi connectivity index (χ1) is 26.0. The van der Waals surface area contributed by atoms with Gasteiger partial charge in [-0.25, -0.2) is 0 Å². The van der Waals surface area contributed by atoms with Crippen LogP contribution in [0.25, 0.3) is 0 Å². The predicted octanol–water partition coefficient (Wildman–Crippen LogP) is 6.64. The molecular formula is C44H52ClN3O6. The number of para-hydroxylation sites is 1. The first kappa shape index (κ1) is 40.3. The van der Waals surface area contributed by atoms with E-state index >= 15 is 0 Å². The Morgan fingerprint density at radius 2 is 1.48 bits per heavy atom. The fourth-order valence-corrected chi connectivity index (χ4v) is 7.21. The van der Waals surface area contributed by atoms with Gasteiger partial charge in [-0.3, -0.25) is 14.4 Å². The molecule has 0 aliphatic carbocycles. The van der Waals surface area contributed by atoms with Crippen LogP contribution in [0.4, 0.5) is 0 Å². The summed E-state index contributed by atoms with van der Waals surface area (Å²) in [4.78, 5) is 41.3. The van der Waals surface area contributed by atoms with Gasteiger partial charge in [-0.05, 0) is 92.3 Å². The third kappa shape index (κ3) is 11.6. The van der Waals surface area contributed by atoms with Crippen molar-refractivity contribution >= 4 is 29.3 Å². The zero-order valence-corrected chi connectivity index (χ0v) is 32.3. The number of benzene rings is 4. The highest BCUT2D eigenvalue weighted by molar-refractivity contribution is 6.30. The van der Waals surface area contributed by atoms with Crippen LogP contribution in [0.3, 0.4) is 0 Å². The van der Waals surface area contributed by atoms with Crippen molar-refractivity contribution in [1.82, 2.24) is 16.0 Å². The van der Waals surface area contributed by atoms with Crippen molar-refractivity contribution in [2.75, 3.05) is 13.2 Å². The first-order valence-electron chi connectivity index (χ1n) is 18.7. The summed E-state index contributed by atoms with van der Waals surface area (Å²) in [6.45, 7) is 8.05. The Bertz CT molecular complexity index is 1830. The number of aliphatic hydroxyl groups is 1. The Morgan fingerprint density at radius 3 is 2.13 bits per heavy atom. The fourth-order valence-electron chi connectivity index (χ4n) is 7.03. The lowest BCUT2D eigenvalue weighted by atomic mass is 9.91. The third-order valence-corrected chi connectivity index (χ3v) is 9.97. The summed E-state index contributed by atoms with van der Waals surface area (Å²) in [6.07, 6.45) is 0.745. The molecule has 54 heavy (non-hydrogen) atoms. The van der Waals surface area contributed by atoms with Crippen LogP contribution in [0.5, 0.6) is 11.5 Å². The quantitative estimate of drug-likeness (QED) is 0.0959. The maximum absolute atomic E-state index is 14.2. The average molecular weight is 754 g/mol. The lowest BCUT2D eigenvalue weighted by molar-refractivity contribution is -0.131. The van der Waals surface area contributed by atoms with Crippen molar-refractivity contribution in [2.45, 2.75) is 89.9 Å². The molecule has 9 nitrogen and oxygen atoms in total. The Hall–Kier alpha value is -4.86. The number of ether oxygens (including phenoxy) is 2. The smallest absolute Gasteiger partial charge is 0.258 e. The molecule has 0 saturated carbocycles. The van der Waals surface area contributed by atoms with Crippen molar-refractivity contribution < 1.29 is 29.0 Å². The van der Waals surface area contributed by atoms with Crippen LogP contribution < -0.4 is 25.4 Å². The highest BCUT2D eigenvalue weighted by Crippen LogP contribution is 2.36. The molecule has 0 spiro atoms. The lowest BCUT2D eigenvalue weighted by Gasteiger charge is -2.31. The standard InChI is InChI=1S/C44H52ClN3O6/c1-28(2)22-38(48-43(51)35-20-21-53-40-19-18-33(45)25-36(35)40)44(52)47-37(24-32-16-9-6-10-17-32)39(49)26-34(23-31-14-7-5-8-15-31)46-41(50)27-54-42-29(3)12-11-13-30(42)4/h5-19,25,28,34-35,37-39,49H,20-24,26-27H2,1-4H3,(H,46,50)(H,47,52)(H,48,51)/t34-,35?,37-,38-,39-/m0/s1. The van der Waals surface area contributed by atoms with Gasteiger partial charge in [0.25, 0.3) is 5.91 Å². The molecule has 3 amide bonds. The molecule has 4 N–H and O–H groups in total. The van der Waals surface area contributed by atoms with Crippen molar-refractivity contribution in [3.8, 4) is 11.5 Å². The molecule has 0 radical (unpaired) electrons. The number of aliphatic hydroxyl groups excluding tert-OH is 1. The molecule has 4 aromatic carbocycles. The topological polar surface area (TPSA) is 126 Å². The van der Waals surface area contributed by atoms with Crippen molar-refractivity contribution in [3.05, 3.63) is 130 Å². The maximum Gasteiger partial charge on any atom is 0.258 e. The van der Waals surface area contributed by atoms with Crippen LogP contribution in [0.15, 0.2) is 97.1 Å². The highest BCUT2D eigenvalue weighted by Gasteiger charge is 2.33. The maximum atomic E-state index is 14.2. The highest BCUT2D eigenvalue weighted by atomic mass is 35.5. The number of fused-ring (bicyclic) bond motifs is 1. The molecule has 0 fully saturated rings. The molecule has 1 heterocycles. The van der Waals surface area contributed by atoms with Gasteiger partial charge in [0.2, 0.25) is 11.8 Å². The van der Waals surface area contributed by atoms with Crippen LogP contribution in [-0.2, 0) is 27.2 Å². The molecule has 0 saturated heterocycles. The summed E-state index contributed by atoms with van der Waals surface area (Å²) in [5, 5.41) is 21.6. The molecule has 4 aromatic rings. The Kier molecular flexibility index (Phi) is 14.5. The largest absolute Gasteiger partial charge is 0.493 e. The van der Waals surface area contributed by atoms with Crippen LogP contribution >= 0.6 is 11.6 Å². The minimum atomic E-state index is -1.05. The van der Waals surface area contributed by atoms with E-state index in [4.69, 9.17) is 21.1 Å². The lowest BCUT2D eigenvalue weighted by Crippen LogP contribution is -2.55. The first-order valence-corrected chi connectivity index (χ1v) is 19.1. The van der Waals surface area contributed by atoms with E-state index in [-0.39, 0.29) is 36.7 Å². The Morgan fingerprint density at radius 1 is 0.833 bits per heavy atom. The Labute approximate surface area is 323 Å². The molecule has 0 bridgehead atoms. The van der Waals surface area contributed by atoms with Crippen molar-refractivity contribution in [2.24, 2.45) is 5.92 Å². The average Bonchev–Trinajstić information content (AvgIpc) is 3.14. The zero-order chi connectivity index (χ0) is 38.6. The minimum Gasteiger partial charge on any atom is -0.493 e. The van der Waals surface area contributed by atoms with Gasteiger partial charge >= 0.3 is 0 Å². The summed E-state index contributed by atoms with van der Waals surface area (Å²) in [5.74, 6) is -0.142. The molecule has 1 aliphatic heterocycles. The van der Waals surface area contributed by atoms with E-state index in [2.05, 4.69) is 16.0 Å². The second kappa shape index (κ2) is 19.5. The van der Waals surface area contributed by atoms with E-state index < -0.39 is 30.1 Å². The number of aryl methyl sites for hydroxylation is 2. The van der Waals surface area contributed by atoms with Crippen molar-refractivity contribution in [1.29, 1.82) is 0 Å². The summed E-state index contributed by atoms with van der Waals surface area (Å²) in [7, 11) is 0. The van der Waals surface area contributed by atoms with Crippen LogP contribution in [0.1, 0.15) is 66.8 Å². The predicted molar refractivity (Wildman–Crippen MR) is 212 cm³/mol. The molecule has 1 aliphatic rings. The SMILES string of the molecule is Cc1cccc(C)c1OCC(=O)N[C@@H](Cc1ccccc1)C[C@H](O)[C@H](Cc1ccccc1)NC(=O)[C@H](CC(C)C)NC(=O)C1CCOc2ccc(Cl)cc21. The van der Waals surface area contributed by atoms with Gasteiger partial charge in [-0.1, -0.05) is 104 Å². The van der Waals surface area contributed by atoms with Gasteiger partial charge in [0.05, 0.1) is 24.7 Å². The number of carbonyl (C=O) groups is 3. The van der Waals surface area contributed by atoms with E-state index in [1.54, 1.807) is 18.2 Å². The number of hydrogen-bond acceptors (Lipinski definition) is 6. The van der Waals surface area contributed by atoms with Gasteiger partial charge in [-0.2, -0.15) is 0 Å². The van der Waals surface area contributed by atoms with Gasteiger partial charge < -0.3 is 30.5 Å². The molecule has 286 valence electrons. The zero-order valence-electron chi connectivity index (χ0n) is 31.5. The van der Waals surface area contributed by atoms with E-state index in [0.717, 1.165) is 22.3 Å². The number of carbonyl (C=O) groups excluding carboxylic acids is 3. The number of rotatable bonds is 17. The summed E-state index contributed by atoms with van der Waals surface area (Å²) in [5.41, 5.74) is 4.48. The Balaban J connectivity index is 1.33. The van der Waals surface area contributed by atoms with Crippen molar-refractivity contribution in [3.63, 3.8) is 0 Å². The molecule has 0 aromatic heterocycles. The molecule has 5 rings (SSSR count).